The van der Waals surface area contributed by atoms with Gasteiger partial charge in [0.05, 0.1) is 0 Å². The molecule has 2 rings (SSSR count). The average Bonchev–Trinajstić information content (AvgIpc) is 2.94. The van der Waals surface area contributed by atoms with Crippen molar-refractivity contribution in [2.45, 2.75) is 13.0 Å². The van der Waals surface area contributed by atoms with Gasteiger partial charge >= 0.3 is 0 Å². The van der Waals surface area contributed by atoms with Crippen LogP contribution in [0.25, 0.3) is 0 Å². The summed E-state index contributed by atoms with van der Waals surface area (Å²) in [4.78, 5) is 2.35. The average molecular weight is 353 g/mol. The van der Waals surface area contributed by atoms with Crippen LogP contribution in [0.5, 0.6) is 0 Å². The molecular weight excluding hydrogens is 332 g/mol. The molecular formula is C16H21BrN2S. The molecule has 1 heterocycles. The van der Waals surface area contributed by atoms with Crippen LogP contribution < -0.4 is 5.32 Å². The second-order valence-corrected chi connectivity index (χ2v) is 6.69. The maximum Gasteiger partial charge on any atom is 0.0231 e. The minimum absolute atomic E-state index is 0.999. The van der Waals surface area contributed by atoms with E-state index < -0.39 is 0 Å². The van der Waals surface area contributed by atoms with Crippen molar-refractivity contribution in [3.63, 3.8) is 0 Å². The lowest BCUT2D eigenvalue weighted by molar-refractivity contribution is 0.325. The van der Waals surface area contributed by atoms with Crippen LogP contribution in [0.4, 0.5) is 0 Å². The van der Waals surface area contributed by atoms with Crippen LogP contribution in [-0.2, 0) is 13.0 Å². The summed E-state index contributed by atoms with van der Waals surface area (Å²) in [5, 5.41) is 7.87. The van der Waals surface area contributed by atoms with Gasteiger partial charge in [-0.25, -0.2) is 0 Å². The Hall–Kier alpha value is -0.680. The van der Waals surface area contributed by atoms with Crippen molar-refractivity contribution in [2.75, 3.05) is 26.7 Å². The highest BCUT2D eigenvalue weighted by molar-refractivity contribution is 9.10. The van der Waals surface area contributed by atoms with E-state index in [-0.39, 0.29) is 0 Å². The number of halogens is 1. The van der Waals surface area contributed by atoms with Crippen molar-refractivity contribution < 1.29 is 0 Å². The molecule has 0 saturated carbocycles. The van der Waals surface area contributed by atoms with Gasteiger partial charge in [0.1, 0.15) is 0 Å². The molecule has 0 unspecified atom stereocenters. The van der Waals surface area contributed by atoms with Gasteiger partial charge in [-0.1, -0.05) is 28.1 Å². The summed E-state index contributed by atoms with van der Waals surface area (Å²) >= 11 is 5.24. The van der Waals surface area contributed by atoms with E-state index >= 15 is 0 Å². The zero-order valence-electron chi connectivity index (χ0n) is 11.8. The van der Waals surface area contributed by atoms with E-state index in [0.717, 1.165) is 37.1 Å². The smallest absolute Gasteiger partial charge is 0.0231 e. The highest BCUT2D eigenvalue weighted by Crippen LogP contribution is 2.11. The van der Waals surface area contributed by atoms with Gasteiger partial charge < -0.3 is 10.2 Å². The third kappa shape index (κ3) is 5.75. The van der Waals surface area contributed by atoms with E-state index in [2.05, 4.69) is 74.3 Å². The molecule has 0 aliphatic carbocycles. The molecule has 1 aromatic carbocycles. The van der Waals surface area contributed by atoms with Gasteiger partial charge in [0.25, 0.3) is 0 Å². The number of hydrogen-bond acceptors (Lipinski definition) is 3. The number of likely N-dealkylation sites (N-methyl/N-ethyl adjacent to an activating group) is 1. The Labute approximate surface area is 133 Å². The molecule has 20 heavy (non-hydrogen) atoms. The van der Waals surface area contributed by atoms with E-state index in [1.807, 2.05) is 0 Å². The second kappa shape index (κ2) is 8.57. The maximum atomic E-state index is 3.50. The van der Waals surface area contributed by atoms with Gasteiger partial charge in [-0.05, 0) is 60.1 Å². The monoisotopic (exact) mass is 352 g/mol. The fourth-order valence-corrected chi connectivity index (χ4v) is 3.01. The van der Waals surface area contributed by atoms with Gasteiger partial charge in [-0.15, -0.1) is 0 Å². The molecule has 0 aliphatic heterocycles. The van der Waals surface area contributed by atoms with E-state index in [4.69, 9.17) is 0 Å². The summed E-state index contributed by atoms with van der Waals surface area (Å²) in [6.45, 7) is 4.17. The largest absolute Gasteiger partial charge is 0.315 e. The number of thiophene rings is 1. The first-order valence-electron chi connectivity index (χ1n) is 6.89. The molecule has 1 aromatic heterocycles. The van der Waals surface area contributed by atoms with Crippen LogP contribution in [-0.4, -0.2) is 31.6 Å². The SMILES string of the molecule is CN(CCNCCc1ccsc1)Cc1ccc(Br)cc1. The Morgan fingerprint density at radius 2 is 1.90 bits per heavy atom. The molecule has 4 heteroatoms. The predicted octanol–water partition coefficient (Wildman–Crippen LogP) is 3.77. The molecule has 0 radical (unpaired) electrons. The summed E-state index contributed by atoms with van der Waals surface area (Å²) < 4.78 is 1.14. The molecule has 0 atom stereocenters. The lowest BCUT2D eigenvalue weighted by Gasteiger charge is -2.17. The normalized spacial score (nSPS) is 11.2. The van der Waals surface area contributed by atoms with Crippen LogP contribution >= 0.6 is 27.3 Å². The van der Waals surface area contributed by atoms with Crippen LogP contribution in [0.2, 0.25) is 0 Å². The minimum atomic E-state index is 0.999. The lowest BCUT2D eigenvalue weighted by atomic mass is 10.2. The van der Waals surface area contributed by atoms with Gasteiger partial charge in [-0.3, -0.25) is 0 Å². The fraction of sp³-hybridized carbons (Fsp3) is 0.375. The Balaban J connectivity index is 1.58. The molecule has 108 valence electrons. The van der Waals surface area contributed by atoms with Crippen molar-refractivity contribution in [1.82, 2.24) is 10.2 Å². The fourth-order valence-electron chi connectivity index (χ4n) is 2.04. The van der Waals surface area contributed by atoms with Gasteiger partial charge in [0, 0.05) is 24.1 Å². The molecule has 0 aliphatic rings. The quantitative estimate of drug-likeness (QED) is 0.727. The molecule has 1 N–H and O–H groups in total. The standard InChI is InChI=1S/C16H21BrN2S/c1-19(12-14-2-4-16(17)5-3-14)10-9-18-8-6-15-7-11-20-13-15/h2-5,7,11,13,18H,6,8-10,12H2,1H3. The number of nitrogens with zero attached hydrogens (tertiary/aromatic N) is 1. The number of hydrogen-bond donors (Lipinski definition) is 1. The van der Waals surface area contributed by atoms with Gasteiger partial charge in [0.15, 0.2) is 0 Å². The summed E-state index contributed by atoms with van der Waals surface area (Å²) in [6.07, 6.45) is 1.12. The highest BCUT2D eigenvalue weighted by Gasteiger charge is 2.00. The first-order chi connectivity index (χ1) is 9.74. The predicted molar refractivity (Wildman–Crippen MR) is 91.4 cm³/mol. The van der Waals surface area contributed by atoms with Crippen molar-refractivity contribution in [2.24, 2.45) is 0 Å². The molecule has 0 spiro atoms. The zero-order chi connectivity index (χ0) is 14.2. The molecule has 2 nitrogen and oxygen atoms in total. The summed E-state index contributed by atoms with van der Waals surface area (Å²) in [7, 11) is 2.17. The Bertz CT molecular complexity index is 482. The summed E-state index contributed by atoms with van der Waals surface area (Å²) in [6, 6.07) is 10.7. The third-order valence-electron chi connectivity index (χ3n) is 3.21. The minimum Gasteiger partial charge on any atom is -0.315 e. The van der Waals surface area contributed by atoms with Crippen LogP contribution in [0.3, 0.4) is 0 Å². The molecule has 2 aromatic rings. The second-order valence-electron chi connectivity index (χ2n) is 5.00. The maximum absolute atomic E-state index is 3.50. The van der Waals surface area contributed by atoms with Crippen LogP contribution in [0.15, 0.2) is 45.6 Å². The van der Waals surface area contributed by atoms with E-state index in [1.165, 1.54) is 11.1 Å². The van der Waals surface area contributed by atoms with Crippen molar-refractivity contribution >= 4 is 27.3 Å². The number of benzene rings is 1. The third-order valence-corrected chi connectivity index (χ3v) is 4.47. The van der Waals surface area contributed by atoms with Crippen molar-refractivity contribution in [3.8, 4) is 0 Å². The molecule has 0 saturated heterocycles. The summed E-state index contributed by atoms with van der Waals surface area (Å²) in [5.74, 6) is 0. The number of rotatable bonds is 8. The molecule has 0 bridgehead atoms. The molecule has 0 amide bonds. The Kier molecular flexibility index (Phi) is 6.73. The Morgan fingerprint density at radius 1 is 1.10 bits per heavy atom. The van der Waals surface area contributed by atoms with E-state index in [1.54, 1.807) is 11.3 Å². The molecule has 0 fully saturated rings. The Morgan fingerprint density at radius 3 is 2.60 bits per heavy atom. The summed E-state index contributed by atoms with van der Waals surface area (Å²) in [5.41, 5.74) is 2.79. The van der Waals surface area contributed by atoms with Crippen LogP contribution in [0, 0.1) is 0 Å². The first kappa shape index (κ1) is 15.7. The van der Waals surface area contributed by atoms with E-state index in [0.29, 0.717) is 0 Å². The lowest BCUT2D eigenvalue weighted by Crippen LogP contribution is -2.30. The van der Waals surface area contributed by atoms with Crippen LogP contribution in [0.1, 0.15) is 11.1 Å². The van der Waals surface area contributed by atoms with E-state index in [9.17, 15) is 0 Å². The topological polar surface area (TPSA) is 15.3 Å². The first-order valence-corrected chi connectivity index (χ1v) is 8.62. The highest BCUT2D eigenvalue weighted by atomic mass is 79.9. The van der Waals surface area contributed by atoms with Crippen molar-refractivity contribution in [1.29, 1.82) is 0 Å². The van der Waals surface area contributed by atoms with Gasteiger partial charge in [0.2, 0.25) is 0 Å². The zero-order valence-corrected chi connectivity index (χ0v) is 14.2. The number of nitrogens with one attached hydrogen (secondary N) is 1. The van der Waals surface area contributed by atoms with Gasteiger partial charge in [-0.2, -0.15) is 11.3 Å². The van der Waals surface area contributed by atoms with Crippen molar-refractivity contribution in [3.05, 3.63) is 56.7 Å².